The van der Waals surface area contributed by atoms with Gasteiger partial charge in [-0.3, -0.25) is 14.4 Å². The maximum absolute atomic E-state index is 12.2. The normalized spacial score (nSPS) is 10.3. The van der Waals surface area contributed by atoms with E-state index < -0.39 is 5.97 Å². The summed E-state index contributed by atoms with van der Waals surface area (Å²) in [6, 6.07) is 17.6. The van der Waals surface area contributed by atoms with Crippen molar-refractivity contribution in [3.8, 4) is 11.4 Å². The minimum atomic E-state index is -0.442. The lowest BCUT2D eigenvalue weighted by molar-refractivity contribution is -0.131. The Hall–Kier alpha value is -3.87. The Morgan fingerprint density at radius 1 is 0.833 bits per heavy atom. The number of hydrogen-bond acceptors (Lipinski definition) is 4. The lowest BCUT2D eigenvalue weighted by Gasteiger charge is -2.09. The van der Waals surface area contributed by atoms with E-state index in [1.165, 1.54) is 13.0 Å². The molecule has 2 aromatic carbocycles. The molecule has 0 fully saturated rings. The predicted octanol–water partition coefficient (Wildman–Crippen LogP) is 2.95. The van der Waals surface area contributed by atoms with Crippen LogP contribution in [-0.2, 0) is 4.79 Å². The molecule has 1 aromatic heterocycles. The van der Waals surface area contributed by atoms with Crippen LogP contribution in [0.1, 0.15) is 34.1 Å². The number of aromatic nitrogens is 1. The number of ether oxygens (including phenoxy) is 1. The van der Waals surface area contributed by atoms with Crippen molar-refractivity contribution in [1.82, 2.24) is 15.2 Å². The van der Waals surface area contributed by atoms with E-state index in [0.717, 1.165) is 5.69 Å². The van der Waals surface area contributed by atoms with Gasteiger partial charge in [0.2, 0.25) is 0 Å². The summed E-state index contributed by atoms with van der Waals surface area (Å²) in [5.74, 6) is -0.543. The zero-order chi connectivity index (χ0) is 21.3. The van der Waals surface area contributed by atoms with E-state index in [2.05, 4.69) is 10.6 Å². The van der Waals surface area contributed by atoms with Crippen molar-refractivity contribution in [2.24, 2.45) is 0 Å². The molecule has 0 atom stereocenters. The van der Waals surface area contributed by atoms with E-state index >= 15 is 0 Å². The first-order chi connectivity index (χ1) is 14.5. The summed E-state index contributed by atoms with van der Waals surface area (Å²) in [5.41, 5.74) is 1.97. The molecule has 3 aromatic rings. The van der Waals surface area contributed by atoms with E-state index in [4.69, 9.17) is 4.74 Å². The van der Waals surface area contributed by atoms with E-state index in [9.17, 15) is 14.4 Å². The molecule has 3 rings (SSSR count). The number of esters is 1. The summed E-state index contributed by atoms with van der Waals surface area (Å²) in [6.07, 6.45) is 4.47. The average molecular weight is 405 g/mol. The Morgan fingerprint density at radius 3 is 2.10 bits per heavy atom. The summed E-state index contributed by atoms with van der Waals surface area (Å²) < 4.78 is 6.94. The number of amides is 2. The number of nitrogens with zero attached hydrogens (tertiary/aromatic N) is 1. The molecule has 2 amide bonds. The molecule has 7 heteroatoms. The van der Waals surface area contributed by atoms with E-state index in [0.29, 0.717) is 36.4 Å². The lowest BCUT2D eigenvalue weighted by atomic mass is 10.2. The number of benzene rings is 2. The van der Waals surface area contributed by atoms with Crippen LogP contribution < -0.4 is 15.4 Å². The highest BCUT2D eigenvalue weighted by Crippen LogP contribution is 2.13. The standard InChI is InChI=1S/C23H23N3O4/c1-17(27)30-21-7-4-6-19(16-21)23(29)25-13-5-12-24-22(28)18-8-10-20(11-9-18)26-14-2-3-15-26/h2-4,6-11,14-16H,5,12-13H2,1H3,(H,24,28)(H,25,29). The first kappa shape index (κ1) is 20.9. The number of carbonyl (C=O) groups excluding carboxylic acids is 3. The quantitative estimate of drug-likeness (QED) is 0.343. The zero-order valence-corrected chi connectivity index (χ0v) is 16.6. The Kier molecular flexibility index (Phi) is 7.00. The van der Waals surface area contributed by atoms with Gasteiger partial charge in [-0.2, -0.15) is 0 Å². The molecule has 0 saturated carbocycles. The van der Waals surface area contributed by atoms with Gasteiger partial charge in [0.1, 0.15) is 5.75 Å². The third-order valence-electron chi connectivity index (χ3n) is 4.31. The van der Waals surface area contributed by atoms with Crippen LogP contribution in [0.2, 0.25) is 0 Å². The maximum Gasteiger partial charge on any atom is 0.308 e. The Balaban J connectivity index is 1.40. The van der Waals surface area contributed by atoms with Gasteiger partial charge in [-0.15, -0.1) is 0 Å². The number of carbonyl (C=O) groups is 3. The van der Waals surface area contributed by atoms with Crippen molar-refractivity contribution >= 4 is 17.8 Å². The highest BCUT2D eigenvalue weighted by atomic mass is 16.5. The Morgan fingerprint density at radius 2 is 1.47 bits per heavy atom. The molecule has 2 N–H and O–H groups in total. The predicted molar refractivity (Wildman–Crippen MR) is 113 cm³/mol. The third-order valence-corrected chi connectivity index (χ3v) is 4.31. The minimum Gasteiger partial charge on any atom is -0.427 e. The van der Waals surface area contributed by atoms with Gasteiger partial charge < -0.3 is 19.9 Å². The fourth-order valence-electron chi connectivity index (χ4n) is 2.85. The highest BCUT2D eigenvalue weighted by Gasteiger charge is 2.08. The second kappa shape index (κ2) is 10.1. The van der Waals surface area contributed by atoms with Crippen LogP contribution in [0, 0.1) is 0 Å². The topological polar surface area (TPSA) is 89.4 Å². The van der Waals surface area contributed by atoms with Crippen LogP contribution in [0.4, 0.5) is 0 Å². The van der Waals surface area contributed by atoms with Crippen LogP contribution in [0.5, 0.6) is 5.75 Å². The van der Waals surface area contributed by atoms with Crippen LogP contribution >= 0.6 is 0 Å². The average Bonchev–Trinajstić information content (AvgIpc) is 3.28. The van der Waals surface area contributed by atoms with Gasteiger partial charge in [0, 0.05) is 49.2 Å². The fraction of sp³-hybridized carbons (Fsp3) is 0.174. The lowest BCUT2D eigenvalue weighted by Crippen LogP contribution is -2.29. The van der Waals surface area contributed by atoms with Crippen molar-refractivity contribution in [1.29, 1.82) is 0 Å². The van der Waals surface area contributed by atoms with Gasteiger partial charge in [0.05, 0.1) is 0 Å². The van der Waals surface area contributed by atoms with Gasteiger partial charge >= 0.3 is 5.97 Å². The molecule has 0 saturated heterocycles. The van der Waals surface area contributed by atoms with Crippen LogP contribution in [0.25, 0.3) is 5.69 Å². The molecule has 0 radical (unpaired) electrons. The van der Waals surface area contributed by atoms with Gasteiger partial charge in [-0.05, 0) is 61.0 Å². The monoisotopic (exact) mass is 405 g/mol. The molecule has 1 heterocycles. The molecule has 0 aliphatic carbocycles. The molecule has 154 valence electrons. The second-order valence-corrected chi connectivity index (χ2v) is 6.62. The van der Waals surface area contributed by atoms with Gasteiger partial charge in [-0.25, -0.2) is 0 Å². The van der Waals surface area contributed by atoms with Gasteiger partial charge in [0.25, 0.3) is 11.8 Å². The number of nitrogens with one attached hydrogen (secondary N) is 2. The van der Waals surface area contributed by atoms with Crippen LogP contribution in [-0.4, -0.2) is 35.4 Å². The first-order valence-electron chi connectivity index (χ1n) is 9.61. The SMILES string of the molecule is CC(=O)Oc1cccc(C(=O)NCCCNC(=O)c2ccc(-n3cccc3)cc2)c1. The maximum atomic E-state index is 12.2. The zero-order valence-electron chi connectivity index (χ0n) is 16.6. The molecule has 0 spiro atoms. The fourth-order valence-corrected chi connectivity index (χ4v) is 2.85. The Labute approximate surface area is 174 Å². The van der Waals surface area contributed by atoms with Crippen molar-refractivity contribution < 1.29 is 19.1 Å². The summed E-state index contributed by atoms with van der Waals surface area (Å²) in [4.78, 5) is 35.4. The molecular weight excluding hydrogens is 382 g/mol. The summed E-state index contributed by atoms with van der Waals surface area (Å²) >= 11 is 0. The summed E-state index contributed by atoms with van der Waals surface area (Å²) in [5, 5.41) is 5.63. The Bertz CT molecular complexity index is 1010. The molecule has 30 heavy (non-hydrogen) atoms. The molecule has 0 unspecified atom stereocenters. The van der Waals surface area contributed by atoms with Crippen molar-refractivity contribution in [2.75, 3.05) is 13.1 Å². The second-order valence-electron chi connectivity index (χ2n) is 6.62. The molecule has 0 bridgehead atoms. The molecule has 7 nitrogen and oxygen atoms in total. The van der Waals surface area contributed by atoms with Gasteiger partial charge in [-0.1, -0.05) is 6.07 Å². The molecule has 0 aliphatic heterocycles. The summed E-state index contributed by atoms with van der Waals surface area (Å²) in [6.45, 7) is 2.15. The van der Waals surface area contributed by atoms with Crippen LogP contribution in [0.3, 0.4) is 0 Å². The van der Waals surface area contributed by atoms with Gasteiger partial charge in [0.15, 0.2) is 0 Å². The molecular formula is C23H23N3O4. The van der Waals surface area contributed by atoms with E-state index in [1.54, 1.807) is 30.3 Å². The van der Waals surface area contributed by atoms with E-state index in [-0.39, 0.29) is 11.8 Å². The highest BCUT2D eigenvalue weighted by molar-refractivity contribution is 5.95. The van der Waals surface area contributed by atoms with Crippen molar-refractivity contribution in [3.63, 3.8) is 0 Å². The third kappa shape index (κ3) is 5.81. The number of rotatable bonds is 8. The smallest absolute Gasteiger partial charge is 0.308 e. The minimum absolute atomic E-state index is 0.158. The van der Waals surface area contributed by atoms with Crippen molar-refractivity contribution in [3.05, 3.63) is 84.2 Å². The largest absolute Gasteiger partial charge is 0.427 e. The number of hydrogen-bond donors (Lipinski definition) is 2. The van der Waals surface area contributed by atoms with E-state index in [1.807, 2.05) is 41.2 Å². The summed E-state index contributed by atoms with van der Waals surface area (Å²) in [7, 11) is 0. The van der Waals surface area contributed by atoms with Crippen LogP contribution in [0.15, 0.2) is 73.1 Å². The first-order valence-corrected chi connectivity index (χ1v) is 9.61. The van der Waals surface area contributed by atoms with Crippen molar-refractivity contribution in [2.45, 2.75) is 13.3 Å². The molecule has 0 aliphatic rings.